The second-order valence-electron chi connectivity index (χ2n) is 9.29. The van der Waals surface area contributed by atoms with Crippen molar-refractivity contribution in [1.29, 1.82) is 0 Å². The monoisotopic (exact) mass is 510 g/mol. The van der Waals surface area contributed by atoms with Gasteiger partial charge in [0.05, 0.1) is 70.8 Å². The van der Waals surface area contributed by atoms with Crippen molar-refractivity contribution in [3.05, 3.63) is 11.4 Å². The number of nitrogens with zero attached hydrogens (tertiary/aromatic N) is 3. The third-order valence-corrected chi connectivity index (χ3v) is 6.79. The summed E-state index contributed by atoms with van der Waals surface area (Å²) in [5.41, 5.74) is 2.42. The number of fused-ring (bicyclic) bond motifs is 2. The van der Waals surface area contributed by atoms with Gasteiger partial charge in [0.25, 0.3) is 0 Å². The van der Waals surface area contributed by atoms with Crippen molar-refractivity contribution in [3.8, 4) is 0 Å². The van der Waals surface area contributed by atoms with Crippen molar-refractivity contribution in [2.45, 2.75) is 52.5 Å². The number of carbonyl (C=O) groups excluding carboxylic acids is 2. The molecule has 3 atom stereocenters. The Morgan fingerprint density at radius 3 is 2.17 bits per heavy atom. The second kappa shape index (κ2) is 15.9. The van der Waals surface area contributed by atoms with E-state index < -0.39 is 0 Å². The van der Waals surface area contributed by atoms with Gasteiger partial charge in [0.2, 0.25) is 0 Å². The van der Waals surface area contributed by atoms with Crippen molar-refractivity contribution in [1.82, 2.24) is 20.3 Å². The van der Waals surface area contributed by atoms with Crippen LogP contribution in [-0.4, -0.2) is 92.9 Å². The number of hydrogen-bond acceptors (Lipinski definition) is 9. The van der Waals surface area contributed by atoms with Gasteiger partial charge in [-0.1, -0.05) is 5.21 Å². The highest BCUT2D eigenvalue weighted by atomic mass is 16.6. The van der Waals surface area contributed by atoms with E-state index in [1.54, 1.807) is 6.92 Å². The molecule has 3 unspecified atom stereocenters. The summed E-state index contributed by atoms with van der Waals surface area (Å²) in [5.74, 6) is 1.83. The van der Waals surface area contributed by atoms with Gasteiger partial charge < -0.3 is 29.0 Å². The normalized spacial score (nSPS) is 20.7. The standard InChI is InChI=1S/C25H42N4O7/c1-3-29-24-7-5-21-20(4-6-23(24)27-28-29)22(21)18-36-25(31)26-9-11-33-13-15-35-17-16-34-14-12-32-10-8-19(2)30/h20-22H,3-18H2,1-2H3,(H,26,31). The molecule has 1 heterocycles. The lowest BCUT2D eigenvalue weighted by Gasteiger charge is -2.09. The fourth-order valence-corrected chi connectivity index (χ4v) is 4.75. The van der Waals surface area contributed by atoms with Crippen LogP contribution < -0.4 is 5.32 Å². The molecule has 11 heteroatoms. The molecule has 0 aromatic carbocycles. The molecule has 1 N–H and O–H groups in total. The summed E-state index contributed by atoms with van der Waals surface area (Å²) in [6, 6.07) is 0. The Hall–Kier alpha value is -2.08. The Labute approximate surface area is 213 Å². The summed E-state index contributed by atoms with van der Waals surface area (Å²) < 4.78 is 29.0. The molecule has 1 aromatic heterocycles. The lowest BCUT2D eigenvalue weighted by atomic mass is 10.0. The highest BCUT2D eigenvalue weighted by Gasteiger charge is 2.50. The minimum Gasteiger partial charge on any atom is -0.449 e. The van der Waals surface area contributed by atoms with Gasteiger partial charge in [-0.25, -0.2) is 9.48 Å². The fraction of sp³-hybridized carbons (Fsp3) is 0.840. The van der Waals surface area contributed by atoms with Gasteiger partial charge in [0.1, 0.15) is 5.78 Å². The van der Waals surface area contributed by atoms with Gasteiger partial charge in [-0.2, -0.15) is 0 Å². The van der Waals surface area contributed by atoms with E-state index in [-0.39, 0.29) is 11.9 Å². The third-order valence-electron chi connectivity index (χ3n) is 6.79. The first-order chi connectivity index (χ1) is 17.6. The predicted octanol–water partition coefficient (Wildman–Crippen LogP) is 1.81. The number of Topliss-reactive ketones (excluding diaryl/α,β-unsaturated/α-hetero) is 1. The number of hydrogen-bond donors (Lipinski definition) is 1. The SMILES string of the molecule is CCn1nnc2c1CCC1C(CC2)C1COC(=O)NCCOCCOCCOCCOCCC(C)=O. The number of carbonyl (C=O) groups is 2. The zero-order valence-electron chi connectivity index (χ0n) is 21.7. The first-order valence-electron chi connectivity index (χ1n) is 13.2. The van der Waals surface area contributed by atoms with Crippen LogP contribution in [0.25, 0.3) is 0 Å². The topological polar surface area (TPSA) is 123 Å². The molecule has 1 saturated carbocycles. The first kappa shape index (κ1) is 28.5. The summed E-state index contributed by atoms with van der Waals surface area (Å²) in [6.07, 6.45) is 4.22. The van der Waals surface area contributed by atoms with Crippen LogP contribution in [0.4, 0.5) is 4.79 Å². The van der Waals surface area contributed by atoms with Crippen molar-refractivity contribution < 1.29 is 33.3 Å². The van der Waals surface area contributed by atoms with Crippen LogP contribution in [0.5, 0.6) is 0 Å². The Morgan fingerprint density at radius 1 is 0.917 bits per heavy atom. The van der Waals surface area contributed by atoms with Gasteiger partial charge >= 0.3 is 6.09 Å². The van der Waals surface area contributed by atoms with Gasteiger partial charge in [0, 0.05) is 19.5 Å². The highest BCUT2D eigenvalue weighted by molar-refractivity contribution is 5.75. The molecule has 0 aliphatic heterocycles. The van der Waals surface area contributed by atoms with E-state index in [0.29, 0.717) is 90.2 Å². The van der Waals surface area contributed by atoms with Crippen LogP contribution in [0, 0.1) is 17.8 Å². The van der Waals surface area contributed by atoms with Crippen LogP contribution in [-0.2, 0) is 47.9 Å². The van der Waals surface area contributed by atoms with Crippen LogP contribution in [0.1, 0.15) is 44.5 Å². The number of amides is 1. The molecular formula is C25H42N4O7. The summed E-state index contributed by atoms with van der Waals surface area (Å²) in [7, 11) is 0. The molecule has 1 amide bonds. The molecule has 11 nitrogen and oxygen atoms in total. The summed E-state index contributed by atoms with van der Waals surface area (Å²) in [5, 5.41) is 11.4. The molecule has 0 bridgehead atoms. The molecule has 0 radical (unpaired) electrons. The Morgan fingerprint density at radius 2 is 1.53 bits per heavy atom. The number of aromatic nitrogens is 3. The predicted molar refractivity (Wildman–Crippen MR) is 131 cm³/mol. The molecule has 1 fully saturated rings. The maximum absolute atomic E-state index is 12.0. The van der Waals surface area contributed by atoms with Crippen LogP contribution >= 0.6 is 0 Å². The van der Waals surface area contributed by atoms with Crippen LogP contribution in [0.3, 0.4) is 0 Å². The highest BCUT2D eigenvalue weighted by Crippen LogP contribution is 2.52. The van der Waals surface area contributed by atoms with Crippen molar-refractivity contribution in [2.24, 2.45) is 17.8 Å². The van der Waals surface area contributed by atoms with Crippen LogP contribution in [0.2, 0.25) is 0 Å². The largest absolute Gasteiger partial charge is 0.449 e. The number of ketones is 1. The zero-order valence-corrected chi connectivity index (χ0v) is 21.7. The van der Waals surface area contributed by atoms with E-state index in [4.69, 9.17) is 23.7 Å². The van der Waals surface area contributed by atoms with E-state index in [9.17, 15) is 9.59 Å². The van der Waals surface area contributed by atoms with Crippen molar-refractivity contribution >= 4 is 11.9 Å². The quantitative estimate of drug-likeness (QED) is 0.295. The van der Waals surface area contributed by atoms with E-state index in [0.717, 1.165) is 37.9 Å². The average Bonchev–Trinajstić information content (AvgIpc) is 3.36. The minimum atomic E-state index is -0.386. The van der Waals surface area contributed by atoms with E-state index >= 15 is 0 Å². The fourth-order valence-electron chi connectivity index (χ4n) is 4.75. The number of ether oxygens (including phenoxy) is 5. The van der Waals surface area contributed by atoms with E-state index in [2.05, 4.69) is 22.6 Å². The molecule has 3 rings (SSSR count). The van der Waals surface area contributed by atoms with Crippen LogP contribution in [0.15, 0.2) is 0 Å². The smallest absolute Gasteiger partial charge is 0.407 e. The summed E-state index contributed by atoms with van der Waals surface area (Å²) >= 11 is 0. The van der Waals surface area contributed by atoms with Crippen molar-refractivity contribution in [2.75, 3.05) is 66.0 Å². The molecule has 0 saturated heterocycles. The lowest BCUT2D eigenvalue weighted by molar-refractivity contribution is -0.118. The van der Waals surface area contributed by atoms with Crippen molar-refractivity contribution in [3.63, 3.8) is 0 Å². The number of aryl methyl sites for hydroxylation is 2. The Balaban J connectivity index is 1.10. The van der Waals surface area contributed by atoms with Gasteiger partial charge in [-0.05, 0) is 57.3 Å². The maximum Gasteiger partial charge on any atom is 0.407 e. The third kappa shape index (κ3) is 9.76. The molecule has 36 heavy (non-hydrogen) atoms. The second-order valence-corrected chi connectivity index (χ2v) is 9.29. The van der Waals surface area contributed by atoms with E-state index in [1.807, 2.05) is 4.68 Å². The molecule has 204 valence electrons. The summed E-state index contributed by atoms with van der Waals surface area (Å²) in [4.78, 5) is 22.8. The van der Waals surface area contributed by atoms with E-state index in [1.165, 1.54) is 5.69 Å². The average molecular weight is 511 g/mol. The van der Waals surface area contributed by atoms with Gasteiger partial charge in [-0.3, -0.25) is 4.79 Å². The summed E-state index contributed by atoms with van der Waals surface area (Å²) in [6.45, 7) is 9.03. The van der Waals surface area contributed by atoms with Gasteiger partial charge in [0.15, 0.2) is 0 Å². The Kier molecular flexibility index (Phi) is 12.6. The molecule has 2 aliphatic rings. The number of alkyl carbamates (subject to hydrolysis) is 1. The Bertz CT molecular complexity index is 803. The molecule has 1 aromatic rings. The lowest BCUT2D eigenvalue weighted by Crippen LogP contribution is -2.29. The first-order valence-corrected chi connectivity index (χ1v) is 13.2. The number of rotatable bonds is 18. The molecular weight excluding hydrogens is 468 g/mol. The number of nitrogens with one attached hydrogen (secondary N) is 1. The molecule has 2 aliphatic carbocycles. The van der Waals surface area contributed by atoms with Gasteiger partial charge in [-0.15, -0.1) is 5.10 Å². The minimum absolute atomic E-state index is 0.123. The molecule has 0 spiro atoms. The zero-order chi connectivity index (χ0) is 25.6. The maximum atomic E-state index is 12.0.